The van der Waals surface area contributed by atoms with Gasteiger partial charge in [0.2, 0.25) is 0 Å². The average Bonchev–Trinajstić information content (AvgIpc) is 2.45. The first kappa shape index (κ1) is 15.3. The molecular formula is C15H23NO3. The molecule has 0 saturated heterocycles. The van der Waals surface area contributed by atoms with Crippen molar-refractivity contribution in [3.8, 4) is 11.5 Å². The molecule has 0 radical (unpaired) electrons. The zero-order chi connectivity index (χ0) is 14.3. The molecule has 0 spiro atoms. The van der Waals surface area contributed by atoms with Crippen LogP contribution in [0.15, 0.2) is 18.2 Å². The molecule has 0 aliphatic heterocycles. The fourth-order valence-corrected chi connectivity index (χ4v) is 2.00. The van der Waals surface area contributed by atoms with Gasteiger partial charge in [0.25, 0.3) is 5.91 Å². The van der Waals surface area contributed by atoms with Crippen LogP contribution in [0.3, 0.4) is 0 Å². The third-order valence-corrected chi connectivity index (χ3v) is 2.91. The van der Waals surface area contributed by atoms with Crippen molar-refractivity contribution in [2.45, 2.75) is 26.7 Å². The van der Waals surface area contributed by atoms with E-state index in [4.69, 9.17) is 9.47 Å². The van der Waals surface area contributed by atoms with Gasteiger partial charge in [-0.25, -0.2) is 0 Å². The first-order valence-electron chi connectivity index (χ1n) is 6.69. The lowest BCUT2D eigenvalue weighted by molar-refractivity contribution is 0.0752. The minimum absolute atomic E-state index is 0.0169. The van der Waals surface area contributed by atoms with E-state index in [0.717, 1.165) is 25.9 Å². The molecule has 1 aromatic carbocycles. The minimum atomic E-state index is 0.0169. The van der Waals surface area contributed by atoms with E-state index in [1.165, 1.54) is 0 Å². The summed E-state index contributed by atoms with van der Waals surface area (Å²) in [6.07, 6.45) is 1.90. The summed E-state index contributed by atoms with van der Waals surface area (Å²) in [6, 6.07) is 5.29. The van der Waals surface area contributed by atoms with Crippen LogP contribution in [0.2, 0.25) is 0 Å². The van der Waals surface area contributed by atoms with Crippen LogP contribution in [0.25, 0.3) is 0 Å². The van der Waals surface area contributed by atoms with Gasteiger partial charge >= 0.3 is 0 Å². The van der Waals surface area contributed by atoms with Crippen LogP contribution < -0.4 is 9.47 Å². The van der Waals surface area contributed by atoms with E-state index in [2.05, 4.69) is 13.8 Å². The molecular weight excluding hydrogens is 242 g/mol. The molecule has 1 amide bonds. The number of methoxy groups -OCH3 is 2. The summed E-state index contributed by atoms with van der Waals surface area (Å²) in [6.45, 7) is 5.67. The lowest BCUT2D eigenvalue weighted by Crippen LogP contribution is -2.32. The largest absolute Gasteiger partial charge is 0.497 e. The van der Waals surface area contributed by atoms with Crippen LogP contribution in [0, 0.1) is 0 Å². The van der Waals surface area contributed by atoms with Gasteiger partial charge in [0.05, 0.1) is 19.8 Å². The number of hydrogen-bond donors (Lipinski definition) is 0. The van der Waals surface area contributed by atoms with Crippen molar-refractivity contribution < 1.29 is 14.3 Å². The Balaban J connectivity index is 3.02. The zero-order valence-corrected chi connectivity index (χ0v) is 12.2. The maximum Gasteiger partial charge on any atom is 0.257 e. The van der Waals surface area contributed by atoms with E-state index in [0.29, 0.717) is 17.1 Å². The highest BCUT2D eigenvalue weighted by Crippen LogP contribution is 2.25. The van der Waals surface area contributed by atoms with Crippen molar-refractivity contribution in [1.82, 2.24) is 4.90 Å². The standard InChI is InChI=1S/C15H23NO3/c1-5-9-16(10-6-2)15(17)13-8-7-12(18-3)11-14(13)19-4/h7-8,11H,5-6,9-10H2,1-4H3. The minimum Gasteiger partial charge on any atom is -0.497 e. The lowest BCUT2D eigenvalue weighted by Gasteiger charge is -2.22. The Bertz CT molecular complexity index is 412. The van der Waals surface area contributed by atoms with Gasteiger partial charge in [-0.2, -0.15) is 0 Å². The number of carbonyl (C=O) groups excluding carboxylic acids is 1. The normalized spacial score (nSPS) is 10.1. The molecule has 0 heterocycles. The molecule has 1 rings (SSSR count). The van der Waals surface area contributed by atoms with Gasteiger partial charge in [-0.1, -0.05) is 13.8 Å². The highest BCUT2D eigenvalue weighted by atomic mass is 16.5. The maximum atomic E-state index is 12.5. The van der Waals surface area contributed by atoms with Gasteiger partial charge in [-0.3, -0.25) is 4.79 Å². The monoisotopic (exact) mass is 265 g/mol. The molecule has 0 atom stereocenters. The fourth-order valence-electron chi connectivity index (χ4n) is 2.00. The molecule has 0 aliphatic carbocycles. The maximum absolute atomic E-state index is 12.5. The molecule has 0 bridgehead atoms. The Hall–Kier alpha value is -1.71. The smallest absolute Gasteiger partial charge is 0.257 e. The third kappa shape index (κ3) is 3.88. The van der Waals surface area contributed by atoms with Crippen LogP contribution >= 0.6 is 0 Å². The third-order valence-electron chi connectivity index (χ3n) is 2.91. The molecule has 19 heavy (non-hydrogen) atoms. The second-order valence-electron chi connectivity index (χ2n) is 4.36. The summed E-state index contributed by atoms with van der Waals surface area (Å²) >= 11 is 0. The predicted molar refractivity (Wildman–Crippen MR) is 76.0 cm³/mol. The van der Waals surface area contributed by atoms with E-state index >= 15 is 0 Å². The fraction of sp³-hybridized carbons (Fsp3) is 0.533. The van der Waals surface area contributed by atoms with Crippen LogP contribution in [0.1, 0.15) is 37.0 Å². The van der Waals surface area contributed by atoms with Crippen LogP contribution in [-0.2, 0) is 0 Å². The molecule has 0 unspecified atom stereocenters. The molecule has 1 aromatic rings. The van der Waals surface area contributed by atoms with Crippen LogP contribution in [0.4, 0.5) is 0 Å². The average molecular weight is 265 g/mol. The number of nitrogens with zero attached hydrogens (tertiary/aromatic N) is 1. The van der Waals surface area contributed by atoms with E-state index in [1.807, 2.05) is 4.90 Å². The summed E-state index contributed by atoms with van der Waals surface area (Å²) < 4.78 is 10.4. The second kappa shape index (κ2) is 7.67. The van der Waals surface area contributed by atoms with E-state index in [1.54, 1.807) is 32.4 Å². The van der Waals surface area contributed by atoms with Gasteiger partial charge < -0.3 is 14.4 Å². The van der Waals surface area contributed by atoms with Crippen molar-refractivity contribution in [3.63, 3.8) is 0 Å². The Morgan fingerprint density at radius 1 is 1.11 bits per heavy atom. The van der Waals surface area contributed by atoms with Crippen molar-refractivity contribution >= 4 is 5.91 Å². The topological polar surface area (TPSA) is 38.8 Å². The predicted octanol–water partition coefficient (Wildman–Crippen LogP) is 2.97. The molecule has 4 nitrogen and oxygen atoms in total. The SMILES string of the molecule is CCCN(CCC)C(=O)c1ccc(OC)cc1OC. The molecule has 4 heteroatoms. The Morgan fingerprint density at radius 3 is 2.21 bits per heavy atom. The molecule has 0 aromatic heterocycles. The zero-order valence-electron chi connectivity index (χ0n) is 12.2. The van der Waals surface area contributed by atoms with E-state index in [9.17, 15) is 4.79 Å². The Morgan fingerprint density at radius 2 is 1.74 bits per heavy atom. The number of benzene rings is 1. The number of hydrogen-bond acceptors (Lipinski definition) is 3. The number of ether oxygens (including phenoxy) is 2. The quantitative estimate of drug-likeness (QED) is 0.761. The summed E-state index contributed by atoms with van der Waals surface area (Å²) in [5.74, 6) is 1.26. The van der Waals surface area contributed by atoms with Gasteiger partial charge in [0.1, 0.15) is 11.5 Å². The summed E-state index contributed by atoms with van der Waals surface area (Å²) in [7, 11) is 3.16. The number of rotatable bonds is 7. The van der Waals surface area contributed by atoms with Gasteiger partial charge in [0, 0.05) is 19.2 Å². The summed E-state index contributed by atoms with van der Waals surface area (Å²) in [5, 5.41) is 0. The highest BCUT2D eigenvalue weighted by Gasteiger charge is 2.18. The second-order valence-corrected chi connectivity index (χ2v) is 4.36. The number of carbonyl (C=O) groups is 1. The van der Waals surface area contributed by atoms with Crippen molar-refractivity contribution in [1.29, 1.82) is 0 Å². The summed E-state index contributed by atoms with van der Waals surface area (Å²) in [5.41, 5.74) is 0.588. The molecule has 106 valence electrons. The first-order valence-corrected chi connectivity index (χ1v) is 6.69. The first-order chi connectivity index (χ1) is 9.17. The van der Waals surface area contributed by atoms with Crippen LogP contribution in [0.5, 0.6) is 11.5 Å². The van der Waals surface area contributed by atoms with Gasteiger partial charge in [0.15, 0.2) is 0 Å². The van der Waals surface area contributed by atoms with Crippen molar-refractivity contribution in [2.75, 3.05) is 27.3 Å². The number of amides is 1. The van der Waals surface area contributed by atoms with Crippen LogP contribution in [-0.4, -0.2) is 38.1 Å². The molecule has 0 fully saturated rings. The van der Waals surface area contributed by atoms with Crippen molar-refractivity contribution in [3.05, 3.63) is 23.8 Å². The summed E-state index contributed by atoms with van der Waals surface area (Å²) in [4.78, 5) is 14.4. The lowest BCUT2D eigenvalue weighted by atomic mass is 10.1. The van der Waals surface area contributed by atoms with E-state index < -0.39 is 0 Å². The van der Waals surface area contributed by atoms with Gasteiger partial charge in [-0.05, 0) is 25.0 Å². The van der Waals surface area contributed by atoms with Gasteiger partial charge in [-0.15, -0.1) is 0 Å². The molecule has 0 N–H and O–H groups in total. The highest BCUT2D eigenvalue weighted by molar-refractivity contribution is 5.97. The molecule has 0 saturated carbocycles. The van der Waals surface area contributed by atoms with Crippen molar-refractivity contribution in [2.24, 2.45) is 0 Å². The molecule has 0 aliphatic rings. The Labute approximate surface area is 115 Å². The Kier molecular flexibility index (Phi) is 6.19. The van der Waals surface area contributed by atoms with E-state index in [-0.39, 0.29) is 5.91 Å².